The van der Waals surface area contributed by atoms with Crippen LogP contribution in [-0.2, 0) is 9.53 Å². The summed E-state index contributed by atoms with van der Waals surface area (Å²) in [5.74, 6) is 0.226. The molecule has 21 heavy (non-hydrogen) atoms. The van der Waals surface area contributed by atoms with Crippen LogP contribution in [0.2, 0.25) is 5.32 Å². The SMILES string of the molecule is CC1C[C@H]2C(=O)N(P)C(C)(C)[C@@]2(C[Se]c2ccccc2)O1. The first-order chi connectivity index (χ1) is 9.88. The summed E-state index contributed by atoms with van der Waals surface area (Å²) in [7, 11) is 2.61. The summed E-state index contributed by atoms with van der Waals surface area (Å²) in [4.78, 5) is 12.6. The second-order valence-electron chi connectivity index (χ2n) is 6.48. The van der Waals surface area contributed by atoms with E-state index in [2.05, 4.69) is 54.4 Å². The number of rotatable bonds is 3. The first-order valence-corrected chi connectivity index (χ1v) is 9.91. The van der Waals surface area contributed by atoms with Crippen molar-refractivity contribution in [2.75, 3.05) is 0 Å². The van der Waals surface area contributed by atoms with Gasteiger partial charge in [0.2, 0.25) is 0 Å². The number of nitrogens with zero attached hydrogens (tertiary/aromatic N) is 1. The molecule has 5 heteroatoms. The van der Waals surface area contributed by atoms with E-state index in [4.69, 9.17) is 4.74 Å². The standard InChI is InChI=1S/C16H22NO2PSe/c1-11-9-13-14(18)17(20)15(2,3)16(13,19-11)10-21-12-7-5-4-6-8-12/h4-8,11,13H,9-10,20H2,1-3H3/t11?,13-,16-/m0/s1. The van der Waals surface area contributed by atoms with Crippen molar-refractivity contribution in [3.8, 4) is 0 Å². The minimum absolute atomic E-state index is 0.00517. The molecule has 0 bridgehead atoms. The second-order valence-corrected chi connectivity index (χ2v) is 9.19. The van der Waals surface area contributed by atoms with Crippen LogP contribution in [0.25, 0.3) is 0 Å². The number of amides is 1. The number of carbonyl (C=O) groups is 1. The number of carbonyl (C=O) groups excluding carboxylic acids is 1. The van der Waals surface area contributed by atoms with Gasteiger partial charge in [-0.2, -0.15) is 0 Å². The van der Waals surface area contributed by atoms with Crippen molar-refractivity contribution in [1.29, 1.82) is 0 Å². The summed E-state index contributed by atoms with van der Waals surface area (Å²) >= 11 is 0.316. The molecule has 2 heterocycles. The summed E-state index contributed by atoms with van der Waals surface area (Å²) in [6.45, 7) is 6.36. The van der Waals surface area contributed by atoms with Crippen LogP contribution >= 0.6 is 9.39 Å². The fraction of sp³-hybridized carbons (Fsp3) is 0.562. The first kappa shape index (κ1) is 15.5. The Morgan fingerprint density at radius 3 is 2.71 bits per heavy atom. The van der Waals surface area contributed by atoms with Gasteiger partial charge >= 0.3 is 135 Å². The van der Waals surface area contributed by atoms with E-state index in [-0.39, 0.29) is 29.1 Å². The fourth-order valence-corrected chi connectivity index (χ4v) is 6.79. The summed E-state index contributed by atoms with van der Waals surface area (Å²) < 4.78 is 9.58. The van der Waals surface area contributed by atoms with E-state index in [1.807, 2.05) is 10.7 Å². The van der Waals surface area contributed by atoms with Crippen LogP contribution in [0.5, 0.6) is 0 Å². The average Bonchev–Trinajstić information content (AvgIpc) is 2.88. The number of hydrogen-bond acceptors (Lipinski definition) is 2. The van der Waals surface area contributed by atoms with Gasteiger partial charge < -0.3 is 0 Å². The molecule has 114 valence electrons. The quantitative estimate of drug-likeness (QED) is 0.602. The van der Waals surface area contributed by atoms with E-state index < -0.39 is 0 Å². The van der Waals surface area contributed by atoms with Crippen molar-refractivity contribution >= 4 is 34.7 Å². The molecule has 0 saturated carbocycles. The van der Waals surface area contributed by atoms with E-state index in [1.165, 1.54) is 4.46 Å². The third kappa shape index (κ3) is 2.28. The Morgan fingerprint density at radius 1 is 1.38 bits per heavy atom. The number of ether oxygens (including phenoxy) is 1. The van der Waals surface area contributed by atoms with Gasteiger partial charge in [0.15, 0.2) is 0 Å². The van der Waals surface area contributed by atoms with Crippen LogP contribution < -0.4 is 4.46 Å². The second kappa shape index (κ2) is 5.35. The maximum atomic E-state index is 12.6. The van der Waals surface area contributed by atoms with Crippen molar-refractivity contribution in [2.24, 2.45) is 5.92 Å². The monoisotopic (exact) mass is 371 g/mol. The molecule has 1 amide bonds. The topological polar surface area (TPSA) is 29.5 Å². The average molecular weight is 370 g/mol. The normalized spacial score (nSPS) is 34.3. The number of hydrogen-bond donors (Lipinski definition) is 0. The van der Waals surface area contributed by atoms with Crippen molar-refractivity contribution in [2.45, 2.75) is 49.8 Å². The molecular weight excluding hydrogens is 348 g/mol. The predicted octanol–water partition coefficient (Wildman–Crippen LogP) is 2.01. The third-order valence-electron chi connectivity index (χ3n) is 4.91. The van der Waals surface area contributed by atoms with Gasteiger partial charge in [0.25, 0.3) is 0 Å². The Kier molecular flexibility index (Phi) is 3.95. The zero-order valence-corrected chi connectivity index (χ0v) is 15.6. The molecule has 2 aliphatic heterocycles. The van der Waals surface area contributed by atoms with Gasteiger partial charge in [0.1, 0.15) is 0 Å². The Hall–Kier alpha value is -0.401. The first-order valence-electron chi connectivity index (χ1n) is 7.33. The predicted molar refractivity (Wildman–Crippen MR) is 88.7 cm³/mol. The summed E-state index contributed by atoms with van der Waals surface area (Å²) in [5.41, 5.74) is -0.623. The van der Waals surface area contributed by atoms with Crippen molar-refractivity contribution in [3.63, 3.8) is 0 Å². The molecule has 2 aliphatic rings. The molecule has 2 fully saturated rings. The molecule has 2 saturated heterocycles. The molecule has 0 radical (unpaired) electrons. The molecule has 1 aromatic carbocycles. The third-order valence-corrected chi connectivity index (χ3v) is 8.28. The zero-order valence-electron chi connectivity index (χ0n) is 12.7. The number of fused-ring (bicyclic) bond motifs is 1. The van der Waals surface area contributed by atoms with Crippen LogP contribution in [0, 0.1) is 5.92 Å². The van der Waals surface area contributed by atoms with E-state index in [9.17, 15) is 4.79 Å². The summed E-state index contributed by atoms with van der Waals surface area (Å²) in [6, 6.07) is 10.6. The number of benzene rings is 1. The van der Waals surface area contributed by atoms with E-state index >= 15 is 0 Å². The van der Waals surface area contributed by atoms with Gasteiger partial charge in [-0.05, 0) is 0 Å². The maximum absolute atomic E-state index is 12.6. The van der Waals surface area contributed by atoms with Crippen molar-refractivity contribution in [1.82, 2.24) is 4.67 Å². The van der Waals surface area contributed by atoms with Crippen LogP contribution in [-0.4, -0.2) is 42.8 Å². The molecule has 0 N–H and O–H groups in total. The van der Waals surface area contributed by atoms with E-state index in [0.29, 0.717) is 15.0 Å². The van der Waals surface area contributed by atoms with Gasteiger partial charge in [-0.25, -0.2) is 0 Å². The Balaban J connectivity index is 1.90. The van der Waals surface area contributed by atoms with Crippen LogP contribution in [0.15, 0.2) is 30.3 Å². The fourth-order valence-electron chi connectivity index (χ4n) is 3.55. The summed E-state index contributed by atoms with van der Waals surface area (Å²) in [6.07, 6.45) is 1.02. The van der Waals surface area contributed by atoms with E-state index in [1.54, 1.807) is 0 Å². The van der Waals surface area contributed by atoms with Gasteiger partial charge in [-0.15, -0.1) is 0 Å². The van der Waals surface area contributed by atoms with Gasteiger partial charge in [-0.3, -0.25) is 0 Å². The molecule has 4 atom stereocenters. The Bertz CT molecular complexity index is 550. The molecule has 1 aromatic rings. The minimum atomic E-state index is -0.346. The van der Waals surface area contributed by atoms with Crippen molar-refractivity contribution in [3.05, 3.63) is 30.3 Å². The van der Waals surface area contributed by atoms with Gasteiger partial charge in [0.05, 0.1) is 0 Å². The van der Waals surface area contributed by atoms with Gasteiger partial charge in [0, 0.05) is 0 Å². The summed E-state index contributed by atoms with van der Waals surface area (Å²) in [5, 5.41) is 0.947. The van der Waals surface area contributed by atoms with Crippen molar-refractivity contribution < 1.29 is 9.53 Å². The van der Waals surface area contributed by atoms with Crippen LogP contribution in [0.3, 0.4) is 0 Å². The van der Waals surface area contributed by atoms with Crippen LogP contribution in [0.1, 0.15) is 27.2 Å². The molecule has 0 spiro atoms. The molecule has 3 nitrogen and oxygen atoms in total. The Morgan fingerprint density at radius 2 is 2.05 bits per heavy atom. The Labute approximate surface area is 135 Å². The van der Waals surface area contributed by atoms with Gasteiger partial charge in [-0.1, -0.05) is 0 Å². The molecule has 3 rings (SSSR count). The molecular formula is C16H22NO2PSe. The zero-order chi connectivity index (χ0) is 15.3. The molecule has 0 aromatic heterocycles. The van der Waals surface area contributed by atoms with E-state index in [0.717, 1.165) is 11.7 Å². The molecule has 2 unspecified atom stereocenters. The van der Waals surface area contributed by atoms with Crippen LogP contribution in [0.4, 0.5) is 0 Å². The molecule has 0 aliphatic carbocycles.